The average molecular weight is 293 g/mol. The summed E-state index contributed by atoms with van der Waals surface area (Å²) in [5, 5.41) is 2.36. The van der Waals surface area contributed by atoms with Gasteiger partial charge < -0.3 is 19.6 Å². The Morgan fingerprint density at radius 3 is 2.48 bits per heavy atom. The minimum absolute atomic E-state index is 0.0810. The largest absolute Gasteiger partial charge is 0.464 e. The van der Waals surface area contributed by atoms with E-state index in [0.717, 1.165) is 5.56 Å². The summed E-state index contributed by atoms with van der Waals surface area (Å²) in [7, 11) is 0. The van der Waals surface area contributed by atoms with E-state index in [1.165, 1.54) is 6.92 Å². The van der Waals surface area contributed by atoms with E-state index in [4.69, 9.17) is 9.47 Å². The van der Waals surface area contributed by atoms with E-state index in [9.17, 15) is 14.4 Å². The summed E-state index contributed by atoms with van der Waals surface area (Å²) >= 11 is 0. The van der Waals surface area contributed by atoms with Gasteiger partial charge in [-0.3, -0.25) is 0 Å². The van der Waals surface area contributed by atoms with Crippen molar-refractivity contribution in [1.82, 2.24) is 5.32 Å². The van der Waals surface area contributed by atoms with Crippen molar-refractivity contribution in [2.75, 3.05) is 6.61 Å². The molecule has 0 unspecified atom stereocenters. The van der Waals surface area contributed by atoms with Crippen LogP contribution in [0.25, 0.3) is 0 Å². The van der Waals surface area contributed by atoms with Crippen LogP contribution in [-0.4, -0.2) is 31.0 Å². The lowest BCUT2D eigenvalue weighted by Gasteiger charge is -2.19. The molecule has 21 heavy (non-hydrogen) atoms. The molecule has 0 aliphatic rings. The van der Waals surface area contributed by atoms with Crippen molar-refractivity contribution in [1.29, 1.82) is 0 Å². The van der Waals surface area contributed by atoms with Gasteiger partial charge in [-0.05, 0) is 12.5 Å². The normalized spacial score (nSPS) is 12.9. The molecule has 0 spiro atoms. The molecule has 0 aliphatic heterocycles. The van der Waals surface area contributed by atoms with Crippen LogP contribution in [0.2, 0.25) is 0 Å². The minimum Gasteiger partial charge on any atom is -0.464 e. The highest BCUT2D eigenvalue weighted by Gasteiger charge is 2.28. The maximum atomic E-state index is 11.7. The Morgan fingerprint density at radius 2 is 1.90 bits per heavy atom. The van der Waals surface area contributed by atoms with E-state index in [1.54, 1.807) is 6.92 Å². The van der Waals surface area contributed by atoms with E-state index in [1.807, 2.05) is 30.3 Å². The van der Waals surface area contributed by atoms with Crippen molar-refractivity contribution in [3.05, 3.63) is 35.9 Å². The number of nitrogens with one attached hydrogen (secondary N) is 1. The van der Waals surface area contributed by atoms with E-state index in [2.05, 4.69) is 5.32 Å². The number of benzene rings is 1. The standard InChI is InChI=1S/C15H19NO5/c1-3-20-14(18)13(11(2)9-17)16-15(19)21-10-12-7-5-4-6-8-12/h4-9,11,13H,3,10H2,1-2H3,(H,16,19)/t11-,13-/m0/s1. The molecule has 6 heteroatoms. The first-order valence-corrected chi connectivity index (χ1v) is 6.67. The van der Waals surface area contributed by atoms with Crippen LogP contribution in [0.5, 0.6) is 0 Å². The number of carbonyl (C=O) groups is 3. The van der Waals surface area contributed by atoms with Crippen LogP contribution in [0.4, 0.5) is 4.79 Å². The number of alkyl carbamates (subject to hydrolysis) is 1. The van der Waals surface area contributed by atoms with Gasteiger partial charge in [-0.1, -0.05) is 37.3 Å². The number of aldehydes is 1. The fraction of sp³-hybridized carbons (Fsp3) is 0.400. The van der Waals surface area contributed by atoms with Crippen molar-refractivity contribution in [3.8, 4) is 0 Å². The zero-order valence-corrected chi connectivity index (χ0v) is 12.1. The second-order valence-electron chi connectivity index (χ2n) is 4.43. The molecule has 0 heterocycles. The van der Waals surface area contributed by atoms with Crippen molar-refractivity contribution >= 4 is 18.3 Å². The fourth-order valence-corrected chi connectivity index (χ4v) is 1.61. The second kappa shape index (κ2) is 8.73. The molecule has 1 aromatic rings. The van der Waals surface area contributed by atoms with Gasteiger partial charge in [0.1, 0.15) is 18.9 Å². The summed E-state index contributed by atoms with van der Waals surface area (Å²) in [6, 6.07) is 8.07. The van der Waals surface area contributed by atoms with Crippen LogP contribution < -0.4 is 5.32 Å². The molecule has 0 saturated heterocycles. The number of rotatable bonds is 7. The molecule has 1 N–H and O–H groups in total. The summed E-state index contributed by atoms with van der Waals surface area (Å²) in [6.07, 6.45) is -0.190. The third kappa shape index (κ3) is 5.64. The first kappa shape index (κ1) is 16.7. The van der Waals surface area contributed by atoms with Crippen molar-refractivity contribution in [2.24, 2.45) is 5.92 Å². The molecule has 0 radical (unpaired) electrons. The van der Waals surface area contributed by atoms with Crippen molar-refractivity contribution in [2.45, 2.75) is 26.5 Å². The molecule has 1 rings (SSSR count). The number of carbonyl (C=O) groups excluding carboxylic acids is 3. The first-order valence-electron chi connectivity index (χ1n) is 6.67. The third-order valence-electron chi connectivity index (χ3n) is 2.77. The first-order chi connectivity index (χ1) is 10.1. The molecule has 2 atom stereocenters. The average Bonchev–Trinajstić information content (AvgIpc) is 2.51. The molecule has 6 nitrogen and oxygen atoms in total. The van der Waals surface area contributed by atoms with Gasteiger partial charge in [0.25, 0.3) is 0 Å². The number of amides is 1. The van der Waals surface area contributed by atoms with Gasteiger partial charge in [0.05, 0.1) is 6.61 Å². The SMILES string of the molecule is CCOC(=O)[C@@H](NC(=O)OCc1ccccc1)[C@@H](C)C=O. The predicted molar refractivity (Wildman–Crippen MR) is 75.4 cm³/mol. The number of hydrogen-bond acceptors (Lipinski definition) is 5. The van der Waals surface area contributed by atoms with Gasteiger partial charge in [0.15, 0.2) is 0 Å². The van der Waals surface area contributed by atoms with Gasteiger partial charge in [0, 0.05) is 5.92 Å². The van der Waals surface area contributed by atoms with Gasteiger partial charge in [-0.25, -0.2) is 9.59 Å². The highest BCUT2D eigenvalue weighted by molar-refractivity contribution is 5.84. The Kier molecular flexibility index (Phi) is 6.94. The lowest BCUT2D eigenvalue weighted by atomic mass is 10.0. The van der Waals surface area contributed by atoms with E-state index in [0.29, 0.717) is 6.29 Å². The van der Waals surface area contributed by atoms with Gasteiger partial charge in [-0.2, -0.15) is 0 Å². The lowest BCUT2D eigenvalue weighted by Crippen LogP contribution is -2.46. The van der Waals surface area contributed by atoms with Crippen LogP contribution in [0.3, 0.4) is 0 Å². The Balaban J connectivity index is 2.55. The third-order valence-corrected chi connectivity index (χ3v) is 2.77. The van der Waals surface area contributed by atoms with Gasteiger partial charge in [0.2, 0.25) is 0 Å². The Morgan fingerprint density at radius 1 is 1.24 bits per heavy atom. The topological polar surface area (TPSA) is 81.7 Å². The maximum absolute atomic E-state index is 11.7. The molecular weight excluding hydrogens is 274 g/mol. The zero-order chi connectivity index (χ0) is 15.7. The van der Waals surface area contributed by atoms with Crippen LogP contribution in [-0.2, 0) is 25.7 Å². The zero-order valence-electron chi connectivity index (χ0n) is 12.1. The maximum Gasteiger partial charge on any atom is 0.408 e. The number of ether oxygens (including phenoxy) is 2. The molecule has 0 saturated carbocycles. The summed E-state index contributed by atoms with van der Waals surface area (Å²) in [5.74, 6) is -1.36. The van der Waals surface area contributed by atoms with Gasteiger partial charge >= 0.3 is 12.1 Å². The molecule has 0 aliphatic carbocycles. The molecule has 114 valence electrons. The monoisotopic (exact) mass is 293 g/mol. The summed E-state index contributed by atoms with van der Waals surface area (Å²) in [4.78, 5) is 34.2. The minimum atomic E-state index is -1.05. The van der Waals surface area contributed by atoms with Crippen LogP contribution in [0.1, 0.15) is 19.4 Å². The number of hydrogen-bond donors (Lipinski definition) is 1. The van der Waals surface area contributed by atoms with Gasteiger partial charge in [-0.15, -0.1) is 0 Å². The smallest absolute Gasteiger partial charge is 0.408 e. The van der Waals surface area contributed by atoms with E-state index < -0.39 is 24.0 Å². The predicted octanol–water partition coefficient (Wildman–Crippen LogP) is 1.68. The molecule has 0 aromatic heterocycles. The fourth-order valence-electron chi connectivity index (χ4n) is 1.61. The molecule has 0 bridgehead atoms. The van der Waals surface area contributed by atoms with Crippen molar-refractivity contribution < 1.29 is 23.9 Å². The van der Waals surface area contributed by atoms with Crippen LogP contribution in [0.15, 0.2) is 30.3 Å². The van der Waals surface area contributed by atoms with E-state index in [-0.39, 0.29) is 13.2 Å². The quantitative estimate of drug-likeness (QED) is 0.611. The van der Waals surface area contributed by atoms with Crippen LogP contribution >= 0.6 is 0 Å². The van der Waals surface area contributed by atoms with Crippen molar-refractivity contribution in [3.63, 3.8) is 0 Å². The number of esters is 1. The highest BCUT2D eigenvalue weighted by atomic mass is 16.6. The highest BCUT2D eigenvalue weighted by Crippen LogP contribution is 2.05. The summed E-state index contributed by atoms with van der Waals surface area (Å²) in [6.45, 7) is 3.42. The summed E-state index contributed by atoms with van der Waals surface area (Å²) in [5.41, 5.74) is 0.823. The molecular formula is C15H19NO5. The second-order valence-corrected chi connectivity index (χ2v) is 4.43. The summed E-state index contributed by atoms with van der Waals surface area (Å²) < 4.78 is 9.83. The molecule has 1 amide bonds. The molecule has 0 fully saturated rings. The van der Waals surface area contributed by atoms with E-state index >= 15 is 0 Å². The Hall–Kier alpha value is -2.37. The molecule has 1 aromatic carbocycles. The Labute approximate surface area is 123 Å². The Bertz CT molecular complexity index is 474. The lowest BCUT2D eigenvalue weighted by molar-refractivity contribution is -0.147. The van der Waals surface area contributed by atoms with Crippen LogP contribution in [0, 0.1) is 5.92 Å².